The predicted octanol–water partition coefficient (Wildman–Crippen LogP) is 4.24. The van der Waals surface area contributed by atoms with Crippen molar-refractivity contribution in [2.75, 3.05) is 33.8 Å². The molecule has 2 aromatic rings. The van der Waals surface area contributed by atoms with Crippen molar-refractivity contribution in [1.29, 1.82) is 0 Å². The minimum Gasteiger partial charge on any atom is -0.394 e. The summed E-state index contributed by atoms with van der Waals surface area (Å²) in [4.78, 5) is 28.1. The number of aliphatic hydroxyl groups excluding tert-OH is 4. The maximum atomic E-state index is 13.4. The number of amides is 1. The Hall–Kier alpha value is -2.92. The number of Topliss-reactive ketones (excluding diaryl/α,β-unsaturated/α-hetero) is 1. The molecular formula is C39H58N2O7. The van der Waals surface area contributed by atoms with Crippen LogP contribution in [-0.2, 0) is 20.7 Å². The molecule has 1 amide bonds. The van der Waals surface area contributed by atoms with Crippen LogP contribution in [0.3, 0.4) is 0 Å². The summed E-state index contributed by atoms with van der Waals surface area (Å²) >= 11 is 0. The van der Waals surface area contributed by atoms with Gasteiger partial charge in [0.05, 0.1) is 12.0 Å². The Balaban J connectivity index is 1.80. The number of carbonyl (C=O) groups is 2. The minimum atomic E-state index is -1.44. The SMILES string of the molecule is Cc1cc(/C=C/C(C)(C)C(=O)CC(C)(C)C(=O)NCCN(C)C)ccc1Cc1cc([C@@H]2O[C@H](CO)[C@@H](O)[C@H](O)[C@H]2O)c(C)cc1C(C)C. The number of hydrogen-bond acceptors (Lipinski definition) is 8. The lowest BCUT2D eigenvalue weighted by molar-refractivity contribution is -0.231. The van der Waals surface area contributed by atoms with Crippen LogP contribution >= 0.6 is 0 Å². The number of aliphatic hydroxyl groups is 4. The molecule has 9 nitrogen and oxygen atoms in total. The van der Waals surface area contributed by atoms with E-state index < -0.39 is 48.0 Å². The number of allylic oxidation sites excluding steroid dienone is 1. The summed E-state index contributed by atoms with van der Waals surface area (Å²) in [6.07, 6.45) is -1.45. The highest BCUT2D eigenvalue weighted by atomic mass is 16.5. The summed E-state index contributed by atoms with van der Waals surface area (Å²) in [5.74, 6) is 0.104. The van der Waals surface area contributed by atoms with E-state index in [9.17, 15) is 30.0 Å². The second kappa shape index (κ2) is 16.2. The van der Waals surface area contributed by atoms with Gasteiger partial charge in [0, 0.05) is 24.9 Å². The van der Waals surface area contributed by atoms with Crippen molar-refractivity contribution >= 4 is 17.8 Å². The van der Waals surface area contributed by atoms with Crippen LogP contribution in [0.25, 0.3) is 6.08 Å². The van der Waals surface area contributed by atoms with E-state index in [1.165, 1.54) is 5.56 Å². The number of carbonyl (C=O) groups excluding carboxylic acids is 2. The molecule has 9 heteroatoms. The van der Waals surface area contributed by atoms with Crippen LogP contribution in [-0.4, -0.2) is 95.2 Å². The third-order valence-electron chi connectivity index (χ3n) is 9.57. The van der Waals surface area contributed by atoms with Crippen LogP contribution < -0.4 is 5.32 Å². The van der Waals surface area contributed by atoms with Crippen molar-refractivity contribution < 1.29 is 34.8 Å². The van der Waals surface area contributed by atoms with Crippen LogP contribution in [0.2, 0.25) is 0 Å². The molecule has 5 N–H and O–H groups in total. The predicted molar refractivity (Wildman–Crippen MR) is 190 cm³/mol. The van der Waals surface area contributed by atoms with Gasteiger partial charge in [0.25, 0.3) is 0 Å². The summed E-state index contributed by atoms with van der Waals surface area (Å²) in [6.45, 7) is 16.4. The molecule has 0 spiro atoms. The third kappa shape index (κ3) is 9.61. The van der Waals surface area contributed by atoms with Crippen LogP contribution in [0.5, 0.6) is 0 Å². The highest BCUT2D eigenvalue weighted by molar-refractivity contribution is 5.93. The Kier molecular flexibility index (Phi) is 13.3. The molecule has 3 rings (SSSR count). The number of ketones is 1. The molecule has 1 fully saturated rings. The molecule has 48 heavy (non-hydrogen) atoms. The van der Waals surface area contributed by atoms with Gasteiger partial charge < -0.3 is 35.4 Å². The Morgan fingerprint density at radius 3 is 2.21 bits per heavy atom. The lowest BCUT2D eigenvalue weighted by atomic mass is 9.77. The molecule has 0 saturated carbocycles. The van der Waals surface area contributed by atoms with E-state index in [4.69, 9.17) is 4.74 Å². The Morgan fingerprint density at radius 2 is 1.62 bits per heavy atom. The summed E-state index contributed by atoms with van der Waals surface area (Å²) in [5, 5.41) is 44.2. The number of hydrogen-bond donors (Lipinski definition) is 5. The second-order valence-electron chi connectivity index (χ2n) is 15.3. The number of likely N-dealkylation sites (N-methyl/N-ethyl adjacent to an activating group) is 1. The molecule has 0 bridgehead atoms. The molecule has 0 aliphatic carbocycles. The number of ether oxygens (including phenoxy) is 1. The van der Waals surface area contributed by atoms with Crippen molar-refractivity contribution in [3.05, 3.63) is 75.4 Å². The van der Waals surface area contributed by atoms with Crippen LogP contribution in [0.4, 0.5) is 0 Å². The fourth-order valence-electron chi connectivity index (χ4n) is 6.12. The van der Waals surface area contributed by atoms with Gasteiger partial charge in [-0.2, -0.15) is 0 Å². The number of nitrogens with zero attached hydrogens (tertiary/aromatic N) is 1. The average molecular weight is 667 g/mol. The van der Waals surface area contributed by atoms with E-state index in [0.717, 1.165) is 34.4 Å². The molecule has 1 aliphatic rings. The van der Waals surface area contributed by atoms with Gasteiger partial charge >= 0.3 is 0 Å². The number of nitrogens with one attached hydrogen (secondary N) is 1. The Morgan fingerprint density at radius 1 is 0.958 bits per heavy atom. The summed E-state index contributed by atoms with van der Waals surface area (Å²) in [7, 11) is 3.89. The highest BCUT2D eigenvalue weighted by Gasteiger charge is 2.44. The van der Waals surface area contributed by atoms with Crippen LogP contribution in [0, 0.1) is 24.7 Å². The van der Waals surface area contributed by atoms with Crippen molar-refractivity contribution in [2.45, 2.75) is 105 Å². The maximum Gasteiger partial charge on any atom is 0.226 e. The molecular weight excluding hydrogens is 608 g/mol. The van der Waals surface area contributed by atoms with Crippen molar-refractivity contribution in [1.82, 2.24) is 10.2 Å². The molecule has 1 aliphatic heterocycles. The van der Waals surface area contributed by atoms with Crippen LogP contribution in [0.1, 0.15) is 98.9 Å². The van der Waals surface area contributed by atoms with Gasteiger partial charge in [0.1, 0.15) is 36.3 Å². The molecule has 0 radical (unpaired) electrons. The first-order chi connectivity index (χ1) is 22.3. The Labute approximate surface area is 287 Å². The summed E-state index contributed by atoms with van der Waals surface area (Å²) in [5.41, 5.74) is 5.43. The lowest BCUT2D eigenvalue weighted by Crippen LogP contribution is -2.55. The number of benzene rings is 2. The second-order valence-corrected chi connectivity index (χ2v) is 15.3. The first-order valence-corrected chi connectivity index (χ1v) is 17.0. The molecule has 1 saturated heterocycles. The van der Waals surface area contributed by atoms with Gasteiger partial charge in [0.2, 0.25) is 5.91 Å². The zero-order valence-corrected chi connectivity index (χ0v) is 30.5. The molecule has 2 aromatic carbocycles. The van der Waals surface area contributed by atoms with E-state index in [0.29, 0.717) is 18.5 Å². The van der Waals surface area contributed by atoms with Crippen molar-refractivity contribution in [3.8, 4) is 0 Å². The molecule has 266 valence electrons. The van der Waals surface area contributed by atoms with Crippen molar-refractivity contribution in [3.63, 3.8) is 0 Å². The van der Waals surface area contributed by atoms with Gasteiger partial charge in [0.15, 0.2) is 0 Å². The van der Waals surface area contributed by atoms with E-state index in [2.05, 4.69) is 44.3 Å². The number of rotatable bonds is 14. The minimum absolute atomic E-state index is 0.00403. The average Bonchev–Trinajstić information content (AvgIpc) is 3.00. The fraction of sp³-hybridized carbons (Fsp3) is 0.590. The van der Waals surface area contributed by atoms with Gasteiger partial charge in [-0.3, -0.25) is 9.59 Å². The number of aryl methyl sites for hydroxylation is 2. The third-order valence-corrected chi connectivity index (χ3v) is 9.57. The first-order valence-electron chi connectivity index (χ1n) is 17.0. The topological polar surface area (TPSA) is 140 Å². The summed E-state index contributed by atoms with van der Waals surface area (Å²) < 4.78 is 5.91. The van der Waals surface area contributed by atoms with E-state index in [1.807, 2.05) is 77.9 Å². The molecule has 5 atom stereocenters. The van der Waals surface area contributed by atoms with Crippen LogP contribution in [0.15, 0.2) is 36.4 Å². The van der Waals surface area contributed by atoms with Gasteiger partial charge in [-0.1, -0.05) is 70.2 Å². The largest absolute Gasteiger partial charge is 0.394 e. The molecule has 0 unspecified atom stereocenters. The lowest BCUT2D eigenvalue weighted by Gasteiger charge is -2.41. The maximum absolute atomic E-state index is 13.4. The smallest absolute Gasteiger partial charge is 0.226 e. The van der Waals surface area contributed by atoms with Gasteiger partial charge in [-0.25, -0.2) is 0 Å². The molecule has 1 heterocycles. The quantitative estimate of drug-likeness (QED) is 0.202. The van der Waals surface area contributed by atoms with Gasteiger partial charge in [-0.15, -0.1) is 0 Å². The van der Waals surface area contributed by atoms with Gasteiger partial charge in [-0.05, 0) is 93.1 Å². The zero-order valence-electron chi connectivity index (χ0n) is 30.5. The molecule has 0 aromatic heterocycles. The van der Waals surface area contributed by atoms with E-state index in [-0.39, 0.29) is 24.0 Å². The monoisotopic (exact) mass is 666 g/mol. The fourth-order valence-corrected chi connectivity index (χ4v) is 6.12. The summed E-state index contributed by atoms with van der Waals surface area (Å²) in [6, 6.07) is 10.3. The highest BCUT2D eigenvalue weighted by Crippen LogP contribution is 2.37. The first kappa shape index (κ1) is 39.5. The standard InChI is InChI=1S/C39H58N2O7/c1-23(2)29-18-25(4)30(36-35(46)34(45)33(44)31(22-42)48-36)20-28(29)19-27-12-11-26(17-24(27)3)13-14-38(5,6)32(43)21-39(7,8)37(47)40-15-16-41(9)10/h11-14,17-18,20,23,31,33-36,42,44-46H,15-16,19,21-22H2,1-10H3,(H,40,47)/b14-13+/t31-,33-,34+,35-,36+/m1/s1. The van der Waals surface area contributed by atoms with E-state index >= 15 is 0 Å². The zero-order chi connectivity index (χ0) is 36.1. The van der Waals surface area contributed by atoms with E-state index in [1.54, 1.807) is 0 Å². The van der Waals surface area contributed by atoms with Crippen molar-refractivity contribution in [2.24, 2.45) is 10.8 Å². The Bertz CT molecular complexity index is 1460. The normalized spacial score (nSPS) is 22.1.